The third kappa shape index (κ3) is 4.12. The Morgan fingerprint density at radius 1 is 1.19 bits per heavy atom. The van der Waals surface area contributed by atoms with E-state index in [1.807, 2.05) is 0 Å². The van der Waals surface area contributed by atoms with Crippen LogP contribution in [0.1, 0.15) is 46.0 Å². The van der Waals surface area contributed by atoms with Crippen molar-refractivity contribution in [2.75, 3.05) is 19.0 Å². The molecule has 1 saturated carbocycles. The third-order valence-corrected chi connectivity index (χ3v) is 5.68. The molecule has 0 spiro atoms. The van der Waals surface area contributed by atoms with Gasteiger partial charge in [0.25, 0.3) is 0 Å². The van der Waals surface area contributed by atoms with Crippen LogP contribution in [0.4, 0.5) is 0 Å². The maximum absolute atomic E-state index is 12.7. The second kappa shape index (κ2) is 8.77. The van der Waals surface area contributed by atoms with Gasteiger partial charge in [0.1, 0.15) is 11.4 Å². The molecule has 1 N–H and O–H groups in total. The molecule has 0 aromatic rings. The summed E-state index contributed by atoms with van der Waals surface area (Å²) in [5.41, 5.74) is 0.0560. The Balaban J connectivity index is 2.02. The van der Waals surface area contributed by atoms with Gasteiger partial charge in [0.2, 0.25) is 5.91 Å². The van der Waals surface area contributed by atoms with Gasteiger partial charge in [0.05, 0.1) is 19.0 Å². The number of carbonyl (C=O) groups excluding carboxylic acids is 3. The van der Waals surface area contributed by atoms with Crippen LogP contribution in [-0.4, -0.2) is 59.0 Å². The number of thioether (sulfide) groups is 1. The topological polar surface area (TPSA) is 97.3 Å². The Labute approximate surface area is 162 Å². The van der Waals surface area contributed by atoms with Crippen LogP contribution in [0.25, 0.3) is 0 Å². The minimum atomic E-state index is -1.16. The van der Waals surface area contributed by atoms with Crippen LogP contribution >= 0.6 is 11.8 Å². The molecular formula is C18H25N3O5S. The predicted octanol–water partition coefficient (Wildman–Crippen LogP) is 1.56. The Kier molecular flexibility index (Phi) is 6.41. The summed E-state index contributed by atoms with van der Waals surface area (Å²) >= 11 is 1.26. The zero-order valence-electron chi connectivity index (χ0n) is 15.7. The Morgan fingerprint density at radius 3 is 2.56 bits per heavy atom. The van der Waals surface area contributed by atoms with E-state index in [1.54, 1.807) is 13.8 Å². The SMILES string of the molecule is CCOC(=O)C1=C(NC2CCCCC2)N=C2SCC(=O)N2C1C(=O)OCC. The fourth-order valence-electron chi connectivity index (χ4n) is 3.54. The molecule has 1 atom stereocenters. The van der Waals surface area contributed by atoms with E-state index in [2.05, 4.69) is 10.3 Å². The summed E-state index contributed by atoms with van der Waals surface area (Å²) in [6, 6.07) is -0.982. The van der Waals surface area contributed by atoms with Gasteiger partial charge in [-0.15, -0.1) is 0 Å². The lowest BCUT2D eigenvalue weighted by Gasteiger charge is -2.33. The van der Waals surface area contributed by atoms with Gasteiger partial charge in [0.15, 0.2) is 11.2 Å². The molecule has 27 heavy (non-hydrogen) atoms. The van der Waals surface area contributed by atoms with Gasteiger partial charge in [-0.2, -0.15) is 0 Å². The zero-order chi connectivity index (χ0) is 19.4. The second-order valence-corrected chi connectivity index (χ2v) is 7.51. The number of hydrogen-bond donors (Lipinski definition) is 1. The monoisotopic (exact) mass is 395 g/mol. The summed E-state index contributed by atoms with van der Waals surface area (Å²) in [5, 5.41) is 3.75. The van der Waals surface area contributed by atoms with Crippen LogP contribution in [0.5, 0.6) is 0 Å². The Morgan fingerprint density at radius 2 is 1.89 bits per heavy atom. The van der Waals surface area contributed by atoms with Crippen molar-refractivity contribution in [1.82, 2.24) is 10.2 Å². The molecule has 8 nitrogen and oxygen atoms in total. The maximum atomic E-state index is 12.7. The molecule has 2 fully saturated rings. The number of amides is 1. The fourth-order valence-corrected chi connectivity index (χ4v) is 4.43. The highest BCUT2D eigenvalue weighted by Gasteiger charge is 2.48. The first-order valence-electron chi connectivity index (χ1n) is 9.44. The highest BCUT2D eigenvalue weighted by molar-refractivity contribution is 8.15. The van der Waals surface area contributed by atoms with Gasteiger partial charge in [-0.25, -0.2) is 14.6 Å². The molecule has 3 aliphatic rings. The number of fused-ring (bicyclic) bond motifs is 1. The van der Waals surface area contributed by atoms with Gasteiger partial charge in [-0.1, -0.05) is 31.0 Å². The Bertz CT molecular complexity index is 684. The van der Waals surface area contributed by atoms with E-state index in [0.717, 1.165) is 25.7 Å². The molecule has 2 heterocycles. The van der Waals surface area contributed by atoms with Crippen molar-refractivity contribution in [3.63, 3.8) is 0 Å². The predicted molar refractivity (Wildman–Crippen MR) is 101 cm³/mol. The minimum Gasteiger partial charge on any atom is -0.464 e. The number of nitrogens with one attached hydrogen (secondary N) is 1. The van der Waals surface area contributed by atoms with Crippen LogP contribution in [0.15, 0.2) is 16.4 Å². The molecule has 1 unspecified atom stereocenters. The lowest BCUT2D eigenvalue weighted by atomic mass is 9.95. The van der Waals surface area contributed by atoms with Crippen LogP contribution in [0.2, 0.25) is 0 Å². The summed E-state index contributed by atoms with van der Waals surface area (Å²) in [5.74, 6) is -1.06. The van der Waals surface area contributed by atoms with Crippen molar-refractivity contribution in [3.8, 4) is 0 Å². The highest BCUT2D eigenvalue weighted by atomic mass is 32.2. The molecule has 9 heteroatoms. The first-order valence-corrected chi connectivity index (χ1v) is 10.4. The molecule has 2 aliphatic heterocycles. The molecule has 148 valence electrons. The molecule has 3 rings (SSSR count). The molecule has 0 bridgehead atoms. The van der Waals surface area contributed by atoms with E-state index >= 15 is 0 Å². The van der Waals surface area contributed by atoms with Gasteiger partial charge in [0, 0.05) is 6.04 Å². The van der Waals surface area contributed by atoms with E-state index in [-0.39, 0.29) is 36.5 Å². The summed E-state index contributed by atoms with van der Waals surface area (Å²) in [6.07, 6.45) is 5.36. The number of nitrogens with zero attached hydrogens (tertiary/aromatic N) is 2. The molecule has 1 amide bonds. The number of amidine groups is 1. The number of aliphatic imine (C=N–C) groups is 1. The first kappa shape index (κ1) is 19.7. The van der Waals surface area contributed by atoms with Crippen LogP contribution < -0.4 is 5.32 Å². The molecule has 0 aromatic heterocycles. The third-order valence-electron chi connectivity index (χ3n) is 4.74. The molecule has 0 aromatic carbocycles. The summed E-state index contributed by atoms with van der Waals surface area (Å²) in [7, 11) is 0. The Hall–Kier alpha value is -2.03. The van der Waals surface area contributed by atoms with Crippen LogP contribution in [0, 0.1) is 0 Å². The summed E-state index contributed by atoms with van der Waals surface area (Å²) in [4.78, 5) is 43.6. The number of esters is 2. The smallest absolute Gasteiger partial charge is 0.340 e. The summed E-state index contributed by atoms with van der Waals surface area (Å²) in [6.45, 7) is 3.69. The maximum Gasteiger partial charge on any atom is 0.340 e. The standard InChI is InChI=1S/C18H25N3O5S/c1-3-25-16(23)13-14(17(24)26-4-2)21-12(22)10-27-18(21)20-15(13)19-11-8-6-5-7-9-11/h11,14,19H,3-10H2,1-2H3. The van der Waals surface area contributed by atoms with E-state index in [4.69, 9.17) is 9.47 Å². The van der Waals surface area contributed by atoms with Crippen molar-refractivity contribution in [1.29, 1.82) is 0 Å². The molecule has 1 saturated heterocycles. The molecule has 0 radical (unpaired) electrons. The van der Waals surface area contributed by atoms with Crippen molar-refractivity contribution in [3.05, 3.63) is 11.4 Å². The number of rotatable bonds is 6. The number of ether oxygens (including phenoxy) is 2. The van der Waals surface area contributed by atoms with Crippen LogP contribution in [0.3, 0.4) is 0 Å². The minimum absolute atomic E-state index is 0.0560. The molecular weight excluding hydrogens is 370 g/mol. The van der Waals surface area contributed by atoms with E-state index < -0.39 is 18.0 Å². The normalized spacial score (nSPS) is 23.0. The first-order chi connectivity index (χ1) is 13.1. The average molecular weight is 395 g/mol. The van der Waals surface area contributed by atoms with Crippen molar-refractivity contribution >= 4 is 34.8 Å². The van der Waals surface area contributed by atoms with Gasteiger partial charge >= 0.3 is 11.9 Å². The largest absolute Gasteiger partial charge is 0.464 e. The zero-order valence-corrected chi connectivity index (χ0v) is 16.5. The quantitative estimate of drug-likeness (QED) is 0.682. The van der Waals surface area contributed by atoms with Crippen molar-refractivity contribution in [2.24, 2.45) is 4.99 Å². The van der Waals surface area contributed by atoms with Gasteiger partial charge in [-0.3, -0.25) is 9.69 Å². The van der Waals surface area contributed by atoms with Gasteiger partial charge in [-0.05, 0) is 26.7 Å². The molecule has 1 aliphatic carbocycles. The van der Waals surface area contributed by atoms with Crippen LogP contribution in [-0.2, 0) is 23.9 Å². The lowest BCUT2D eigenvalue weighted by Crippen LogP contribution is -2.52. The second-order valence-electron chi connectivity index (χ2n) is 6.56. The number of hydrogen-bond acceptors (Lipinski definition) is 8. The summed E-state index contributed by atoms with van der Waals surface area (Å²) < 4.78 is 10.4. The van der Waals surface area contributed by atoms with E-state index in [9.17, 15) is 14.4 Å². The van der Waals surface area contributed by atoms with E-state index in [1.165, 1.54) is 23.1 Å². The van der Waals surface area contributed by atoms with Gasteiger partial charge < -0.3 is 14.8 Å². The van der Waals surface area contributed by atoms with E-state index in [0.29, 0.717) is 11.0 Å². The number of carbonyl (C=O) groups is 3. The van der Waals surface area contributed by atoms with Crippen molar-refractivity contribution < 1.29 is 23.9 Å². The highest BCUT2D eigenvalue weighted by Crippen LogP contribution is 2.33. The van der Waals surface area contributed by atoms with Crippen molar-refractivity contribution in [2.45, 2.75) is 58.0 Å². The lowest BCUT2D eigenvalue weighted by molar-refractivity contribution is -0.152. The fraction of sp³-hybridized carbons (Fsp3) is 0.667. The average Bonchev–Trinajstić information content (AvgIpc) is 3.02.